The molecule has 2 amide bonds. The Balaban J connectivity index is 1.50. The van der Waals surface area contributed by atoms with Crippen LogP contribution in [0.5, 0.6) is 0 Å². The van der Waals surface area contributed by atoms with Gasteiger partial charge in [0, 0.05) is 35.8 Å². The summed E-state index contributed by atoms with van der Waals surface area (Å²) in [7, 11) is 2.24. The van der Waals surface area contributed by atoms with E-state index in [-0.39, 0.29) is 12.1 Å². The summed E-state index contributed by atoms with van der Waals surface area (Å²) in [5.74, 6) is 0.394. The first-order chi connectivity index (χ1) is 11.1. The maximum Gasteiger partial charge on any atom is 0.322 e. The van der Waals surface area contributed by atoms with Crippen molar-refractivity contribution in [2.24, 2.45) is 0 Å². The van der Waals surface area contributed by atoms with Crippen molar-refractivity contribution in [3.63, 3.8) is 0 Å². The topological polar surface area (TPSA) is 35.6 Å². The van der Waals surface area contributed by atoms with E-state index in [0.29, 0.717) is 24.0 Å². The third kappa shape index (κ3) is 2.35. The number of carbonyl (C=O) groups excluding carboxylic acids is 1. The molecule has 1 aromatic carbocycles. The smallest absolute Gasteiger partial charge is 0.322 e. The van der Waals surface area contributed by atoms with E-state index in [1.165, 1.54) is 18.4 Å². The molecule has 0 spiro atoms. The highest BCUT2D eigenvalue weighted by atomic mass is 16.2. The molecule has 124 valence electrons. The fourth-order valence-corrected chi connectivity index (χ4v) is 4.86. The van der Waals surface area contributed by atoms with E-state index < -0.39 is 0 Å². The average molecular weight is 313 g/mol. The molecule has 3 unspecified atom stereocenters. The summed E-state index contributed by atoms with van der Waals surface area (Å²) < 4.78 is 0. The summed E-state index contributed by atoms with van der Waals surface area (Å²) >= 11 is 0. The number of hydrogen-bond donors (Lipinski definition) is 1. The van der Waals surface area contributed by atoms with Crippen molar-refractivity contribution < 1.29 is 4.79 Å². The molecule has 0 aliphatic carbocycles. The van der Waals surface area contributed by atoms with Crippen LogP contribution in [0.3, 0.4) is 0 Å². The lowest BCUT2D eigenvalue weighted by atomic mass is 9.98. The van der Waals surface area contributed by atoms with Crippen LogP contribution >= 0.6 is 0 Å². The van der Waals surface area contributed by atoms with Gasteiger partial charge in [-0.1, -0.05) is 25.1 Å². The SMILES string of the molecule is CC1c2ccccc2N(C(=O)NC2C[C@H]3CC[C@@H](C2)N3C)C1C. The molecule has 2 saturated heterocycles. The number of urea groups is 1. The Labute approximate surface area is 138 Å². The second-order valence-electron chi connectivity index (χ2n) is 7.63. The van der Waals surface area contributed by atoms with Crippen LogP contribution in [0.4, 0.5) is 10.5 Å². The van der Waals surface area contributed by atoms with Crippen LogP contribution < -0.4 is 10.2 Å². The lowest BCUT2D eigenvalue weighted by molar-refractivity contribution is 0.150. The molecule has 23 heavy (non-hydrogen) atoms. The largest absolute Gasteiger partial charge is 0.335 e. The minimum atomic E-state index is 0.0863. The van der Waals surface area contributed by atoms with Crippen molar-refractivity contribution in [3.8, 4) is 0 Å². The van der Waals surface area contributed by atoms with Gasteiger partial charge in [-0.3, -0.25) is 4.90 Å². The normalized spacial score (nSPS) is 36.1. The van der Waals surface area contributed by atoms with Crippen molar-refractivity contribution in [2.45, 2.75) is 69.6 Å². The Kier molecular flexibility index (Phi) is 3.60. The number of fused-ring (bicyclic) bond motifs is 3. The first kappa shape index (κ1) is 15.0. The van der Waals surface area contributed by atoms with Crippen molar-refractivity contribution in [1.29, 1.82) is 0 Å². The molecule has 3 aliphatic heterocycles. The summed E-state index contributed by atoms with van der Waals surface area (Å²) in [6, 6.07) is 10.3. The molecular weight excluding hydrogens is 286 g/mol. The number of benzene rings is 1. The summed E-state index contributed by atoms with van der Waals surface area (Å²) in [4.78, 5) is 17.4. The molecule has 2 fully saturated rings. The van der Waals surface area contributed by atoms with Gasteiger partial charge in [0.05, 0.1) is 0 Å². The number of hydrogen-bond acceptors (Lipinski definition) is 2. The van der Waals surface area contributed by atoms with Gasteiger partial charge in [0.25, 0.3) is 0 Å². The average Bonchev–Trinajstić information content (AvgIpc) is 2.90. The van der Waals surface area contributed by atoms with E-state index in [1.54, 1.807) is 0 Å². The Morgan fingerprint density at radius 2 is 1.78 bits per heavy atom. The third-order valence-corrected chi connectivity index (χ3v) is 6.46. The van der Waals surface area contributed by atoms with E-state index >= 15 is 0 Å². The first-order valence-corrected chi connectivity index (χ1v) is 8.97. The molecule has 3 aliphatic rings. The Bertz CT molecular complexity index is 602. The lowest BCUT2D eigenvalue weighted by Crippen LogP contribution is -2.53. The maximum atomic E-state index is 12.9. The van der Waals surface area contributed by atoms with E-state index in [1.807, 2.05) is 11.0 Å². The zero-order valence-corrected chi connectivity index (χ0v) is 14.3. The van der Waals surface area contributed by atoms with Crippen LogP contribution in [-0.2, 0) is 0 Å². The summed E-state index contributed by atoms with van der Waals surface area (Å²) in [6.45, 7) is 4.37. The van der Waals surface area contributed by atoms with Crippen LogP contribution in [0, 0.1) is 0 Å². The summed E-state index contributed by atoms with van der Waals surface area (Å²) in [6.07, 6.45) is 4.76. The molecule has 1 aromatic rings. The number of nitrogens with zero attached hydrogens (tertiary/aromatic N) is 2. The quantitative estimate of drug-likeness (QED) is 0.863. The number of carbonyl (C=O) groups is 1. The van der Waals surface area contributed by atoms with Gasteiger partial charge in [-0.2, -0.15) is 0 Å². The van der Waals surface area contributed by atoms with Gasteiger partial charge in [0.1, 0.15) is 0 Å². The molecule has 1 N–H and O–H groups in total. The first-order valence-electron chi connectivity index (χ1n) is 8.97. The minimum absolute atomic E-state index is 0.0863. The standard InChI is InChI=1S/C19H27N3O/c1-12-13(2)22(18-7-5-4-6-17(12)18)19(23)20-14-10-15-8-9-16(11-14)21(15)3/h4-7,12-16H,8-11H2,1-3H3,(H,20,23)/t12?,13?,14?,15-,16+. The van der Waals surface area contributed by atoms with Crippen LogP contribution in [-0.4, -0.2) is 42.1 Å². The van der Waals surface area contributed by atoms with Crippen LogP contribution in [0.2, 0.25) is 0 Å². The van der Waals surface area contributed by atoms with E-state index in [0.717, 1.165) is 18.5 Å². The Hall–Kier alpha value is -1.55. The highest BCUT2D eigenvalue weighted by Crippen LogP contribution is 2.41. The molecule has 0 radical (unpaired) electrons. The molecule has 4 rings (SSSR count). The fourth-order valence-electron chi connectivity index (χ4n) is 4.86. The van der Waals surface area contributed by atoms with Gasteiger partial charge in [0.2, 0.25) is 0 Å². The van der Waals surface area contributed by atoms with E-state index in [2.05, 4.69) is 49.3 Å². The zero-order chi connectivity index (χ0) is 16.1. The van der Waals surface area contributed by atoms with E-state index in [9.17, 15) is 4.79 Å². The van der Waals surface area contributed by atoms with Gasteiger partial charge in [-0.05, 0) is 51.3 Å². The number of para-hydroxylation sites is 1. The number of piperidine rings is 1. The molecule has 4 heteroatoms. The molecule has 3 heterocycles. The summed E-state index contributed by atoms with van der Waals surface area (Å²) in [5.41, 5.74) is 2.37. The van der Waals surface area contributed by atoms with Gasteiger partial charge in [-0.25, -0.2) is 4.79 Å². The van der Waals surface area contributed by atoms with Gasteiger partial charge >= 0.3 is 6.03 Å². The highest BCUT2D eigenvalue weighted by molar-refractivity contribution is 5.95. The van der Waals surface area contributed by atoms with Crippen LogP contribution in [0.15, 0.2) is 24.3 Å². The van der Waals surface area contributed by atoms with Crippen molar-refractivity contribution in [1.82, 2.24) is 10.2 Å². The number of anilines is 1. The number of rotatable bonds is 1. The molecular formula is C19H27N3O. The third-order valence-electron chi connectivity index (χ3n) is 6.46. The van der Waals surface area contributed by atoms with Crippen molar-refractivity contribution >= 4 is 11.7 Å². The van der Waals surface area contributed by atoms with Crippen LogP contribution in [0.25, 0.3) is 0 Å². The highest BCUT2D eigenvalue weighted by Gasteiger charge is 2.41. The summed E-state index contributed by atoms with van der Waals surface area (Å²) in [5, 5.41) is 3.33. The molecule has 5 atom stereocenters. The Morgan fingerprint density at radius 1 is 1.13 bits per heavy atom. The predicted molar refractivity (Wildman–Crippen MR) is 92.9 cm³/mol. The van der Waals surface area contributed by atoms with Crippen molar-refractivity contribution in [3.05, 3.63) is 29.8 Å². The molecule has 4 nitrogen and oxygen atoms in total. The van der Waals surface area contributed by atoms with Gasteiger partial charge in [-0.15, -0.1) is 0 Å². The number of amides is 2. The molecule has 0 aromatic heterocycles. The van der Waals surface area contributed by atoms with Gasteiger partial charge < -0.3 is 10.2 Å². The minimum Gasteiger partial charge on any atom is -0.335 e. The van der Waals surface area contributed by atoms with Crippen LogP contribution in [0.1, 0.15) is 51.0 Å². The molecule has 2 bridgehead atoms. The lowest BCUT2D eigenvalue weighted by Gasteiger charge is -2.37. The monoisotopic (exact) mass is 313 g/mol. The predicted octanol–water partition coefficient (Wildman–Crippen LogP) is 3.33. The van der Waals surface area contributed by atoms with Crippen molar-refractivity contribution in [2.75, 3.05) is 11.9 Å². The second-order valence-corrected chi connectivity index (χ2v) is 7.63. The Morgan fingerprint density at radius 3 is 2.48 bits per heavy atom. The number of nitrogens with one attached hydrogen (secondary N) is 1. The molecule has 0 saturated carbocycles. The van der Waals surface area contributed by atoms with Gasteiger partial charge in [0.15, 0.2) is 0 Å². The van der Waals surface area contributed by atoms with E-state index in [4.69, 9.17) is 0 Å². The fraction of sp³-hybridized carbons (Fsp3) is 0.632. The second kappa shape index (κ2) is 5.52. The zero-order valence-electron chi connectivity index (χ0n) is 14.3. The maximum absolute atomic E-state index is 12.9.